The highest BCUT2D eigenvalue weighted by molar-refractivity contribution is 4.98. The Morgan fingerprint density at radius 1 is 1.50 bits per heavy atom. The van der Waals surface area contributed by atoms with Crippen LogP contribution in [0.2, 0.25) is 0 Å². The van der Waals surface area contributed by atoms with E-state index in [1.54, 1.807) is 13.4 Å². The summed E-state index contributed by atoms with van der Waals surface area (Å²) >= 11 is 0. The van der Waals surface area contributed by atoms with Gasteiger partial charge < -0.3 is 14.5 Å². The number of furan rings is 1. The molecule has 0 fully saturated rings. The number of hydrogen-bond acceptors (Lipinski definition) is 3. The van der Waals surface area contributed by atoms with Crippen molar-refractivity contribution < 1.29 is 9.15 Å². The van der Waals surface area contributed by atoms with Gasteiger partial charge in [0, 0.05) is 26.1 Å². The third kappa shape index (κ3) is 4.81. The van der Waals surface area contributed by atoms with Gasteiger partial charge in [0.25, 0.3) is 0 Å². The SMILES string of the molecule is COC(C)(C)CNC(C)CCc1ccco1. The van der Waals surface area contributed by atoms with Crippen molar-refractivity contribution in [2.24, 2.45) is 0 Å². The Bertz CT molecular complexity index is 280. The summed E-state index contributed by atoms with van der Waals surface area (Å²) in [4.78, 5) is 0. The second kappa shape index (κ2) is 6.06. The van der Waals surface area contributed by atoms with E-state index in [0.717, 1.165) is 25.1 Å². The van der Waals surface area contributed by atoms with Gasteiger partial charge in [0.15, 0.2) is 0 Å². The Balaban J connectivity index is 2.18. The van der Waals surface area contributed by atoms with E-state index in [1.807, 2.05) is 12.1 Å². The molecule has 1 N–H and O–H groups in total. The summed E-state index contributed by atoms with van der Waals surface area (Å²) in [6.07, 6.45) is 3.78. The fraction of sp³-hybridized carbons (Fsp3) is 0.692. The van der Waals surface area contributed by atoms with E-state index in [0.29, 0.717) is 6.04 Å². The molecule has 0 amide bonds. The van der Waals surface area contributed by atoms with E-state index in [2.05, 4.69) is 26.1 Å². The molecule has 1 atom stereocenters. The van der Waals surface area contributed by atoms with Gasteiger partial charge in [0.05, 0.1) is 11.9 Å². The largest absolute Gasteiger partial charge is 0.469 e. The number of aryl methyl sites for hydroxylation is 1. The van der Waals surface area contributed by atoms with Crippen LogP contribution in [0.5, 0.6) is 0 Å². The highest BCUT2D eigenvalue weighted by atomic mass is 16.5. The van der Waals surface area contributed by atoms with Crippen molar-refractivity contribution >= 4 is 0 Å². The maximum atomic E-state index is 5.36. The number of methoxy groups -OCH3 is 1. The molecule has 16 heavy (non-hydrogen) atoms. The highest BCUT2D eigenvalue weighted by Crippen LogP contribution is 2.08. The molecule has 0 aliphatic carbocycles. The average Bonchev–Trinajstić information content (AvgIpc) is 2.76. The molecule has 1 rings (SSSR count). The number of nitrogens with one attached hydrogen (secondary N) is 1. The van der Waals surface area contributed by atoms with Gasteiger partial charge in [-0.2, -0.15) is 0 Å². The van der Waals surface area contributed by atoms with Gasteiger partial charge in [-0.3, -0.25) is 0 Å². The molecule has 1 unspecified atom stereocenters. The van der Waals surface area contributed by atoms with Crippen LogP contribution in [0.1, 0.15) is 33.0 Å². The van der Waals surface area contributed by atoms with Crippen LogP contribution in [-0.2, 0) is 11.2 Å². The third-order valence-corrected chi connectivity index (χ3v) is 2.83. The zero-order valence-corrected chi connectivity index (χ0v) is 10.7. The zero-order chi connectivity index (χ0) is 12.0. The Labute approximate surface area is 98.2 Å². The molecule has 3 heteroatoms. The van der Waals surface area contributed by atoms with E-state index in [9.17, 15) is 0 Å². The minimum absolute atomic E-state index is 0.0983. The zero-order valence-electron chi connectivity index (χ0n) is 10.7. The van der Waals surface area contributed by atoms with Crippen molar-refractivity contribution in [1.82, 2.24) is 5.32 Å². The molecule has 3 nitrogen and oxygen atoms in total. The first-order valence-corrected chi connectivity index (χ1v) is 5.84. The lowest BCUT2D eigenvalue weighted by molar-refractivity contribution is 0.0212. The van der Waals surface area contributed by atoms with Gasteiger partial charge >= 0.3 is 0 Å². The third-order valence-electron chi connectivity index (χ3n) is 2.83. The van der Waals surface area contributed by atoms with Crippen molar-refractivity contribution in [2.45, 2.75) is 45.3 Å². The van der Waals surface area contributed by atoms with Gasteiger partial charge in [0.2, 0.25) is 0 Å². The number of rotatable bonds is 7. The first kappa shape index (κ1) is 13.3. The Morgan fingerprint density at radius 3 is 2.81 bits per heavy atom. The second-order valence-electron chi connectivity index (χ2n) is 4.86. The first-order chi connectivity index (χ1) is 7.53. The molecule has 0 spiro atoms. The standard InChI is InChI=1S/C13H23NO2/c1-11(14-10-13(2,3)15-4)7-8-12-6-5-9-16-12/h5-6,9,11,14H,7-8,10H2,1-4H3. The van der Waals surface area contributed by atoms with Gasteiger partial charge in [-0.15, -0.1) is 0 Å². The molecule has 1 aromatic rings. The lowest BCUT2D eigenvalue weighted by atomic mass is 10.1. The summed E-state index contributed by atoms with van der Waals surface area (Å²) in [6.45, 7) is 7.22. The molecule has 1 heterocycles. The molecule has 0 saturated heterocycles. The molecule has 0 radical (unpaired) electrons. The minimum atomic E-state index is -0.0983. The Hall–Kier alpha value is -0.800. The quantitative estimate of drug-likeness (QED) is 0.774. The Kier molecular flexibility index (Phi) is 5.03. The average molecular weight is 225 g/mol. The van der Waals surface area contributed by atoms with E-state index >= 15 is 0 Å². The van der Waals surface area contributed by atoms with Crippen molar-refractivity contribution in [3.05, 3.63) is 24.2 Å². The molecule has 0 aliphatic rings. The molecule has 0 saturated carbocycles. The summed E-state index contributed by atoms with van der Waals surface area (Å²) in [7, 11) is 1.75. The maximum Gasteiger partial charge on any atom is 0.103 e. The predicted octanol–water partition coefficient (Wildman–Crippen LogP) is 2.62. The van der Waals surface area contributed by atoms with Crippen LogP contribution in [0.3, 0.4) is 0 Å². The van der Waals surface area contributed by atoms with Crippen LogP contribution in [0.4, 0.5) is 0 Å². The molecule has 0 aliphatic heterocycles. The molecule has 0 bridgehead atoms. The topological polar surface area (TPSA) is 34.4 Å². The van der Waals surface area contributed by atoms with E-state index < -0.39 is 0 Å². The van der Waals surface area contributed by atoms with E-state index in [4.69, 9.17) is 9.15 Å². The summed E-state index contributed by atoms with van der Waals surface area (Å²) in [5, 5.41) is 3.47. The summed E-state index contributed by atoms with van der Waals surface area (Å²) in [6, 6.07) is 4.42. The predicted molar refractivity (Wildman–Crippen MR) is 65.6 cm³/mol. The monoisotopic (exact) mass is 225 g/mol. The maximum absolute atomic E-state index is 5.36. The van der Waals surface area contributed by atoms with Gasteiger partial charge in [-0.1, -0.05) is 0 Å². The normalized spacial score (nSPS) is 14.0. The fourth-order valence-corrected chi connectivity index (χ4v) is 1.41. The van der Waals surface area contributed by atoms with Crippen LogP contribution in [0, 0.1) is 0 Å². The molecular weight excluding hydrogens is 202 g/mol. The van der Waals surface area contributed by atoms with Crippen molar-refractivity contribution in [2.75, 3.05) is 13.7 Å². The van der Waals surface area contributed by atoms with Crippen LogP contribution in [-0.4, -0.2) is 25.3 Å². The van der Waals surface area contributed by atoms with Crippen molar-refractivity contribution in [3.8, 4) is 0 Å². The summed E-state index contributed by atoms with van der Waals surface area (Å²) in [5.74, 6) is 1.06. The highest BCUT2D eigenvalue weighted by Gasteiger charge is 2.16. The van der Waals surface area contributed by atoms with Crippen LogP contribution >= 0.6 is 0 Å². The second-order valence-corrected chi connectivity index (χ2v) is 4.86. The number of ether oxygens (including phenoxy) is 1. The minimum Gasteiger partial charge on any atom is -0.469 e. The van der Waals surface area contributed by atoms with Gasteiger partial charge in [-0.25, -0.2) is 0 Å². The Morgan fingerprint density at radius 2 is 2.25 bits per heavy atom. The fourth-order valence-electron chi connectivity index (χ4n) is 1.41. The van der Waals surface area contributed by atoms with Gasteiger partial charge in [-0.05, 0) is 39.3 Å². The molecule has 1 aromatic heterocycles. The number of hydrogen-bond donors (Lipinski definition) is 1. The smallest absolute Gasteiger partial charge is 0.103 e. The van der Waals surface area contributed by atoms with Gasteiger partial charge in [0.1, 0.15) is 5.76 Å². The summed E-state index contributed by atoms with van der Waals surface area (Å²) in [5.41, 5.74) is -0.0983. The molecular formula is C13H23NO2. The lowest BCUT2D eigenvalue weighted by Crippen LogP contribution is -2.40. The van der Waals surface area contributed by atoms with E-state index in [-0.39, 0.29) is 5.60 Å². The molecule has 0 aromatic carbocycles. The van der Waals surface area contributed by atoms with Crippen LogP contribution in [0.25, 0.3) is 0 Å². The van der Waals surface area contributed by atoms with Crippen LogP contribution in [0.15, 0.2) is 22.8 Å². The molecule has 92 valence electrons. The summed E-state index contributed by atoms with van der Waals surface area (Å²) < 4.78 is 10.7. The lowest BCUT2D eigenvalue weighted by Gasteiger charge is -2.25. The van der Waals surface area contributed by atoms with Crippen molar-refractivity contribution in [1.29, 1.82) is 0 Å². The van der Waals surface area contributed by atoms with Crippen LogP contribution < -0.4 is 5.32 Å². The van der Waals surface area contributed by atoms with E-state index in [1.165, 1.54) is 0 Å². The van der Waals surface area contributed by atoms with Crippen molar-refractivity contribution in [3.63, 3.8) is 0 Å². The first-order valence-electron chi connectivity index (χ1n) is 5.84.